The van der Waals surface area contributed by atoms with Crippen molar-refractivity contribution in [1.82, 2.24) is 10.6 Å². The van der Waals surface area contributed by atoms with Crippen LogP contribution in [0, 0.1) is 0 Å². The Kier molecular flexibility index (Phi) is 5.75. The van der Waals surface area contributed by atoms with Gasteiger partial charge in [0.1, 0.15) is 5.75 Å². The Labute approximate surface area is 162 Å². The van der Waals surface area contributed by atoms with Gasteiger partial charge in [-0.3, -0.25) is 14.9 Å². The number of hydrogen-bond donors (Lipinski definition) is 3. The SMILES string of the molecule is CCC(=O)C(NC(=O)c1ccc2c(c1)CCNC2)(Oc1ccccc1)C(=O)O. The number of amides is 1. The van der Waals surface area contributed by atoms with E-state index in [9.17, 15) is 19.5 Å². The van der Waals surface area contributed by atoms with Gasteiger partial charge in [-0.2, -0.15) is 0 Å². The minimum atomic E-state index is -2.50. The summed E-state index contributed by atoms with van der Waals surface area (Å²) in [6.45, 7) is 3.05. The molecule has 7 heteroatoms. The molecular formula is C21H22N2O5. The normalized spacial score (nSPS) is 15.0. The highest BCUT2D eigenvalue weighted by Gasteiger charge is 2.49. The van der Waals surface area contributed by atoms with Gasteiger partial charge in [0, 0.05) is 18.5 Å². The van der Waals surface area contributed by atoms with Crippen LogP contribution in [0.3, 0.4) is 0 Å². The first-order chi connectivity index (χ1) is 13.5. The average molecular weight is 382 g/mol. The van der Waals surface area contributed by atoms with Crippen LogP contribution in [0.1, 0.15) is 34.8 Å². The number of carboxylic acid groups (broad SMARTS) is 1. The molecule has 0 aromatic heterocycles. The molecule has 146 valence electrons. The second kappa shape index (κ2) is 8.22. The van der Waals surface area contributed by atoms with Crippen LogP contribution in [0.2, 0.25) is 0 Å². The number of hydrogen-bond acceptors (Lipinski definition) is 5. The van der Waals surface area contributed by atoms with E-state index in [1.807, 2.05) is 6.07 Å². The highest BCUT2D eigenvalue weighted by molar-refractivity contribution is 6.11. The number of benzene rings is 2. The Morgan fingerprint density at radius 1 is 1.14 bits per heavy atom. The Hall–Kier alpha value is -3.19. The molecule has 0 aliphatic carbocycles. The first-order valence-corrected chi connectivity index (χ1v) is 9.12. The van der Waals surface area contributed by atoms with E-state index in [0.29, 0.717) is 0 Å². The third-order valence-corrected chi connectivity index (χ3v) is 4.67. The highest BCUT2D eigenvalue weighted by Crippen LogP contribution is 2.21. The maximum atomic E-state index is 12.8. The topological polar surface area (TPSA) is 105 Å². The molecule has 0 bridgehead atoms. The van der Waals surface area contributed by atoms with E-state index in [-0.39, 0.29) is 17.7 Å². The van der Waals surface area contributed by atoms with Crippen LogP contribution in [-0.2, 0) is 22.6 Å². The molecule has 1 unspecified atom stereocenters. The minimum Gasteiger partial charge on any atom is -0.476 e. The third kappa shape index (κ3) is 3.89. The van der Waals surface area contributed by atoms with Gasteiger partial charge < -0.3 is 15.2 Å². The molecule has 0 spiro atoms. The second-order valence-corrected chi connectivity index (χ2v) is 6.54. The van der Waals surface area contributed by atoms with E-state index in [1.54, 1.807) is 30.3 Å². The number of carbonyl (C=O) groups is 3. The quantitative estimate of drug-likeness (QED) is 0.499. The summed E-state index contributed by atoms with van der Waals surface area (Å²) >= 11 is 0. The number of fused-ring (bicyclic) bond motifs is 1. The molecule has 1 aliphatic heterocycles. The molecule has 3 N–H and O–H groups in total. The standard InChI is InChI=1S/C21H22N2O5/c1-2-18(24)21(20(26)27,28-17-6-4-3-5-7-17)23-19(25)15-8-9-16-13-22-11-10-14(16)12-15/h3-9,12,22H,2,10-11,13H2,1H3,(H,23,25)(H,26,27). The van der Waals surface area contributed by atoms with E-state index < -0.39 is 23.4 Å². The molecule has 0 saturated heterocycles. The summed E-state index contributed by atoms with van der Waals surface area (Å²) in [6.07, 6.45) is 0.657. The monoisotopic (exact) mass is 382 g/mol. The van der Waals surface area contributed by atoms with Crippen molar-refractivity contribution in [1.29, 1.82) is 0 Å². The molecule has 0 radical (unpaired) electrons. The van der Waals surface area contributed by atoms with Gasteiger partial charge in [-0.25, -0.2) is 4.79 Å². The van der Waals surface area contributed by atoms with Crippen LogP contribution in [0.25, 0.3) is 0 Å². The van der Waals surface area contributed by atoms with Crippen LogP contribution in [0.4, 0.5) is 0 Å². The summed E-state index contributed by atoms with van der Waals surface area (Å²) in [5.74, 6) is -2.83. The Morgan fingerprint density at radius 3 is 2.57 bits per heavy atom. The minimum absolute atomic E-state index is 0.116. The van der Waals surface area contributed by atoms with Gasteiger partial charge in [-0.1, -0.05) is 31.2 Å². The van der Waals surface area contributed by atoms with Crippen molar-refractivity contribution in [2.75, 3.05) is 6.54 Å². The summed E-state index contributed by atoms with van der Waals surface area (Å²) in [4.78, 5) is 37.4. The smallest absolute Gasteiger partial charge is 0.378 e. The van der Waals surface area contributed by atoms with Crippen molar-refractivity contribution in [3.05, 3.63) is 65.2 Å². The zero-order chi connectivity index (χ0) is 20.1. The lowest BCUT2D eigenvalue weighted by atomic mass is 9.97. The third-order valence-electron chi connectivity index (χ3n) is 4.67. The van der Waals surface area contributed by atoms with Crippen molar-refractivity contribution in [3.63, 3.8) is 0 Å². The van der Waals surface area contributed by atoms with Crippen LogP contribution in [0.15, 0.2) is 48.5 Å². The summed E-state index contributed by atoms with van der Waals surface area (Å²) in [6, 6.07) is 13.3. The van der Waals surface area contributed by atoms with Gasteiger partial charge in [0.25, 0.3) is 5.91 Å². The zero-order valence-corrected chi connectivity index (χ0v) is 15.5. The summed E-state index contributed by atoms with van der Waals surface area (Å²) in [5, 5.41) is 15.4. The number of carboxylic acids is 1. The fraction of sp³-hybridized carbons (Fsp3) is 0.286. The number of aliphatic carboxylic acids is 1. The van der Waals surface area contributed by atoms with Gasteiger partial charge in [-0.05, 0) is 48.4 Å². The number of ether oxygens (including phenoxy) is 1. The van der Waals surface area contributed by atoms with Crippen molar-refractivity contribution < 1.29 is 24.2 Å². The maximum Gasteiger partial charge on any atom is 0.378 e. The molecule has 1 aliphatic rings. The largest absolute Gasteiger partial charge is 0.476 e. The summed E-state index contributed by atoms with van der Waals surface area (Å²) in [7, 11) is 0. The number of carbonyl (C=O) groups excluding carboxylic acids is 2. The predicted octanol–water partition coefficient (Wildman–Crippen LogP) is 1.90. The lowest BCUT2D eigenvalue weighted by Crippen LogP contribution is -2.64. The molecule has 1 atom stereocenters. The van der Waals surface area contributed by atoms with Crippen molar-refractivity contribution in [2.24, 2.45) is 0 Å². The molecule has 28 heavy (non-hydrogen) atoms. The number of rotatable bonds is 7. The van der Waals surface area contributed by atoms with Gasteiger partial charge in [0.2, 0.25) is 5.78 Å². The van der Waals surface area contributed by atoms with Crippen molar-refractivity contribution in [3.8, 4) is 5.75 Å². The Morgan fingerprint density at radius 2 is 1.89 bits per heavy atom. The molecule has 3 rings (SSSR count). The van der Waals surface area contributed by atoms with Crippen LogP contribution in [-0.4, -0.2) is 35.0 Å². The van der Waals surface area contributed by atoms with Crippen LogP contribution >= 0.6 is 0 Å². The second-order valence-electron chi connectivity index (χ2n) is 6.54. The van der Waals surface area contributed by atoms with Gasteiger partial charge >= 0.3 is 11.7 Å². The first-order valence-electron chi connectivity index (χ1n) is 9.12. The Balaban J connectivity index is 1.93. The number of ketones is 1. The molecular weight excluding hydrogens is 360 g/mol. The van der Waals surface area contributed by atoms with E-state index in [1.165, 1.54) is 19.1 Å². The van der Waals surface area contributed by atoms with Gasteiger partial charge in [0.05, 0.1) is 0 Å². The van der Waals surface area contributed by atoms with E-state index in [2.05, 4.69) is 10.6 Å². The molecule has 0 fully saturated rings. The predicted molar refractivity (Wildman–Crippen MR) is 102 cm³/mol. The molecule has 7 nitrogen and oxygen atoms in total. The van der Waals surface area contributed by atoms with Gasteiger partial charge in [-0.15, -0.1) is 0 Å². The van der Waals surface area contributed by atoms with E-state index in [4.69, 9.17) is 4.74 Å². The number of Topliss-reactive ketones (excluding diaryl/α,β-unsaturated/α-hetero) is 1. The summed E-state index contributed by atoms with van der Waals surface area (Å²) < 4.78 is 5.53. The molecule has 1 heterocycles. The van der Waals surface area contributed by atoms with Gasteiger partial charge in [0.15, 0.2) is 0 Å². The lowest BCUT2D eigenvalue weighted by molar-refractivity contribution is -0.164. The summed E-state index contributed by atoms with van der Waals surface area (Å²) in [5.41, 5.74) is -0.0904. The van der Waals surface area contributed by atoms with Crippen LogP contribution < -0.4 is 15.4 Å². The number of para-hydroxylation sites is 1. The van der Waals surface area contributed by atoms with Crippen LogP contribution in [0.5, 0.6) is 5.75 Å². The lowest BCUT2D eigenvalue weighted by Gasteiger charge is -2.29. The van der Waals surface area contributed by atoms with E-state index in [0.717, 1.165) is 30.6 Å². The van der Waals surface area contributed by atoms with E-state index >= 15 is 0 Å². The zero-order valence-electron chi connectivity index (χ0n) is 15.5. The molecule has 0 saturated carbocycles. The fourth-order valence-electron chi connectivity index (χ4n) is 3.13. The van der Waals surface area contributed by atoms with Crippen molar-refractivity contribution in [2.45, 2.75) is 32.0 Å². The number of nitrogens with one attached hydrogen (secondary N) is 2. The molecule has 2 aromatic carbocycles. The van der Waals surface area contributed by atoms with Crippen molar-refractivity contribution >= 4 is 17.7 Å². The maximum absolute atomic E-state index is 12.8. The highest BCUT2D eigenvalue weighted by atomic mass is 16.5. The molecule has 2 aromatic rings. The first kappa shape index (κ1) is 19.6. The Bertz CT molecular complexity index is 897. The fourth-order valence-corrected chi connectivity index (χ4v) is 3.13. The molecule has 1 amide bonds. The average Bonchev–Trinajstić information content (AvgIpc) is 2.72.